The first-order valence-corrected chi connectivity index (χ1v) is 14.6. The van der Waals surface area contributed by atoms with E-state index in [-0.39, 0.29) is 22.6 Å². The summed E-state index contributed by atoms with van der Waals surface area (Å²) < 4.78 is 43.4. The highest BCUT2D eigenvalue weighted by Crippen LogP contribution is 2.47. The third-order valence-corrected chi connectivity index (χ3v) is 9.36. The number of alkyl halides is 2. The summed E-state index contributed by atoms with van der Waals surface area (Å²) in [6.45, 7) is 4.86. The quantitative estimate of drug-likeness (QED) is 0.331. The Kier molecular flexibility index (Phi) is 7.33. The van der Waals surface area contributed by atoms with Crippen LogP contribution < -0.4 is 14.9 Å². The minimum absolute atomic E-state index is 0.124. The Balaban J connectivity index is 1.47. The minimum atomic E-state index is -2.64. The van der Waals surface area contributed by atoms with Crippen molar-refractivity contribution in [2.45, 2.75) is 67.5 Å². The molecule has 3 aromatic rings. The van der Waals surface area contributed by atoms with E-state index in [1.807, 2.05) is 4.52 Å². The zero-order valence-corrected chi connectivity index (χ0v) is 23.4. The lowest BCUT2D eigenvalue weighted by Crippen LogP contribution is -2.59. The Morgan fingerprint density at radius 1 is 1.16 bits per heavy atom. The fourth-order valence-electron chi connectivity index (χ4n) is 5.00. The lowest BCUT2D eigenvalue weighted by atomic mass is 10.1. The first-order valence-electron chi connectivity index (χ1n) is 13.0. The maximum atomic E-state index is 13.4. The molecule has 4 heterocycles. The van der Waals surface area contributed by atoms with Crippen LogP contribution in [0.25, 0.3) is 16.1 Å². The molecule has 0 spiro atoms. The van der Waals surface area contributed by atoms with Gasteiger partial charge in [-0.05, 0) is 56.7 Å². The van der Waals surface area contributed by atoms with Gasteiger partial charge in [0, 0.05) is 55.7 Å². The molecule has 2 aliphatic carbocycles. The molecule has 1 aliphatic heterocycles. The van der Waals surface area contributed by atoms with Crippen LogP contribution >= 0.6 is 23.3 Å². The fraction of sp³-hybridized carbons (Fsp3) is 0.640. The van der Waals surface area contributed by atoms with Gasteiger partial charge < -0.3 is 19.7 Å². The Bertz CT molecular complexity index is 1280. The average molecular weight is 566 g/mol. The number of anilines is 1. The zero-order valence-electron chi connectivity index (χ0n) is 21.7. The monoisotopic (exact) mass is 565 g/mol. The number of pyridine rings is 1. The van der Waals surface area contributed by atoms with Gasteiger partial charge in [0.05, 0.1) is 30.0 Å². The number of piperazine rings is 1. The minimum Gasteiger partial charge on any atom is -0.383 e. The maximum Gasteiger partial charge on any atom is 0.291 e. The third-order valence-electron chi connectivity index (χ3n) is 7.35. The van der Waals surface area contributed by atoms with Crippen molar-refractivity contribution in [1.82, 2.24) is 29.9 Å². The predicted molar refractivity (Wildman–Crippen MR) is 144 cm³/mol. The van der Waals surface area contributed by atoms with Crippen LogP contribution in [-0.2, 0) is 9.47 Å². The van der Waals surface area contributed by atoms with Gasteiger partial charge in [0.1, 0.15) is 5.82 Å². The molecule has 38 heavy (non-hydrogen) atoms. The Morgan fingerprint density at radius 3 is 2.45 bits per heavy atom. The van der Waals surface area contributed by atoms with Gasteiger partial charge in [0.15, 0.2) is 10.0 Å². The van der Waals surface area contributed by atoms with Crippen LogP contribution in [-0.4, -0.2) is 78.0 Å². The molecule has 0 radical (unpaired) electrons. The second-order valence-corrected chi connectivity index (χ2v) is 12.7. The number of hydrogen-bond donors (Lipinski definition) is 2. The second-order valence-electron chi connectivity index (χ2n) is 10.8. The molecule has 0 amide bonds. The number of halogens is 2. The van der Waals surface area contributed by atoms with Crippen molar-refractivity contribution >= 4 is 34.6 Å². The van der Waals surface area contributed by atoms with Gasteiger partial charge in [0.2, 0.25) is 0 Å². The third kappa shape index (κ3) is 5.41. The van der Waals surface area contributed by atoms with E-state index in [9.17, 15) is 8.78 Å². The lowest BCUT2D eigenvalue weighted by Gasteiger charge is -2.39. The molecule has 2 saturated carbocycles. The summed E-state index contributed by atoms with van der Waals surface area (Å²) in [6, 6.07) is 4.52. The lowest BCUT2D eigenvalue weighted by molar-refractivity contribution is 0.121. The number of hydrogen-bond acceptors (Lipinski definition) is 10. The maximum absolute atomic E-state index is 13.4. The molecule has 0 aromatic carbocycles. The standard InChI is InChI=1S/C25H33F2N7O2S2/c1-25(6-7-25)32-38-17-8-18-20(23-29-30-24(37-23)22(26)27)21(14-4-5-14)31-34(18)19(9-17)33-10-15(12-35-2)28-16(11-33)13-36-3/h8-9,14-16,22,28,32H,4-7,10-13H2,1-3H3/t15-,16-/m0/s1. The Morgan fingerprint density at radius 2 is 1.87 bits per heavy atom. The van der Waals surface area contributed by atoms with Crippen molar-refractivity contribution in [3.05, 3.63) is 22.8 Å². The highest BCUT2D eigenvalue weighted by molar-refractivity contribution is 7.97. The molecule has 2 atom stereocenters. The highest BCUT2D eigenvalue weighted by Gasteiger charge is 2.38. The summed E-state index contributed by atoms with van der Waals surface area (Å²) in [6.07, 6.45) is 1.72. The molecule has 206 valence electrons. The molecule has 6 rings (SSSR count). The van der Waals surface area contributed by atoms with Crippen LogP contribution in [0.15, 0.2) is 17.0 Å². The molecule has 3 aromatic heterocycles. The van der Waals surface area contributed by atoms with Gasteiger partial charge >= 0.3 is 0 Å². The van der Waals surface area contributed by atoms with Crippen LogP contribution in [0.4, 0.5) is 14.6 Å². The van der Waals surface area contributed by atoms with Crippen LogP contribution in [0.1, 0.15) is 55.7 Å². The number of rotatable bonds is 11. The number of methoxy groups -OCH3 is 2. The average Bonchev–Trinajstić information content (AvgIpc) is 3.78. The summed E-state index contributed by atoms with van der Waals surface area (Å²) >= 11 is 2.57. The summed E-state index contributed by atoms with van der Waals surface area (Å²) in [7, 11) is 3.42. The first kappa shape index (κ1) is 26.3. The SMILES string of the molecule is COC[C@@H]1CN(c2cc(SNC3(C)CC3)cc3c(-c4nnc(C(F)F)s4)c(C4CC4)nn23)C[C@@H](COC)N1. The molecule has 3 fully saturated rings. The van der Waals surface area contributed by atoms with E-state index in [0.29, 0.717) is 24.1 Å². The van der Waals surface area contributed by atoms with Gasteiger partial charge in [-0.3, -0.25) is 4.72 Å². The molecular weight excluding hydrogens is 532 g/mol. The topological polar surface area (TPSA) is 88.8 Å². The molecule has 3 aliphatic rings. The van der Waals surface area contributed by atoms with Crippen molar-refractivity contribution in [3.63, 3.8) is 0 Å². The molecule has 0 unspecified atom stereocenters. The molecule has 0 bridgehead atoms. The number of nitrogens with zero attached hydrogens (tertiary/aromatic N) is 5. The number of ether oxygens (including phenoxy) is 2. The van der Waals surface area contributed by atoms with E-state index < -0.39 is 6.43 Å². The van der Waals surface area contributed by atoms with Crippen molar-refractivity contribution in [3.8, 4) is 10.6 Å². The molecule has 9 nitrogen and oxygen atoms in total. The molecule has 13 heteroatoms. The van der Waals surface area contributed by atoms with Crippen molar-refractivity contribution in [2.75, 3.05) is 45.4 Å². The summed E-state index contributed by atoms with van der Waals surface area (Å²) in [5, 5.41) is 17.0. The number of nitrogens with one attached hydrogen (secondary N) is 2. The number of fused-ring (bicyclic) bond motifs is 1. The van der Waals surface area contributed by atoms with E-state index in [1.165, 1.54) is 0 Å². The highest BCUT2D eigenvalue weighted by atomic mass is 32.2. The van der Waals surface area contributed by atoms with Gasteiger partial charge in [0.25, 0.3) is 6.43 Å². The van der Waals surface area contributed by atoms with Crippen LogP contribution in [0, 0.1) is 0 Å². The first-order chi connectivity index (χ1) is 18.4. The fourth-order valence-corrected chi connectivity index (χ4v) is 6.66. The molecule has 2 N–H and O–H groups in total. The van der Waals surface area contributed by atoms with Gasteiger partial charge in [-0.1, -0.05) is 11.3 Å². The van der Waals surface area contributed by atoms with Gasteiger partial charge in [-0.15, -0.1) is 10.2 Å². The van der Waals surface area contributed by atoms with E-state index in [2.05, 4.69) is 44.2 Å². The van der Waals surface area contributed by atoms with E-state index >= 15 is 0 Å². The van der Waals surface area contributed by atoms with Crippen molar-refractivity contribution < 1.29 is 18.3 Å². The normalized spacial score (nSPS) is 23.1. The van der Waals surface area contributed by atoms with Crippen LogP contribution in [0.3, 0.4) is 0 Å². The Hall–Kier alpha value is -1.90. The van der Waals surface area contributed by atoms with E-state index in [1.54, 1.807) is 26.2 Å². The summed E-state index contributed by atoms with van der Waals surface area (Å²) in [5.41, 5.74) is 2.77. The van der Waals surface area contributed by atoms with E-state index in [0.717, 1.165) is 77.6 Å². The van der Waals surface area contributed by atoms with Crippen molar-refractivity contribution in [2.24, 2.45) is 0 Å². The Labute approximate surface area is 228 Å². The van der Waals surface area contributed by atoms with Crippen LogP contribution in [0.2, 0.25) is 0 Å². The summed E-state index contributed by atoms with van der Waals surface area (Å²) in [5.74, 6) is 1.27. The molecular formula is C25H33F2N7O2S2. The predicted octanol–water partition coefficient (Wildman–Crippen LogP) is 4.26. The van der Waals surface area contributed by atoms with Gasteiger partial charge in [-0.25, -0.2) is 13.3 Å². The summed E-state index contributed by atoms with van der Waals surface area (Å²) in [4.78, 5) is 3.38. The van der Waals surface area contributed by atoms with E-state index in [4.69, 9.17) is 14.6 Å². The smallest absolute Gasteiger partial charge is 0.291 e. The van der Waals surface area contributed by atoms with Gasteiger partial charge in [-0.2, -0.15) is 5.10 Å². The number of aromatic nitrogens is 4. The molecule has 1 saturated heterocycles. The largest absolute Gasteiger partial charge is 0.383 e. The van der Waals surface area contributed by atoms with Crippen molar-refractivity contribution in [1.29, 1.82) is 0 Å². The zero-order chi connectivity index (χ0) is 26.4. The second kappa shape index (κ2) is 10.6. The van der Waals surface area contributed by atoms with Crippen LogP contribution in [0.5, 0.6) is 0 Å².